The smallest absolute Gasteiger partial charge is 0.410 e. The first-order valence-electron chi connectivity index (χ1n) is 42.0. The molecule has 0 radical (unpaired) electrons. The number of nitrogens with zero attached hydrogens (tertiary/aromatic N) is 8. The molecule has 25 heteroatoms. The minimum absolute atomic E-state index is 0. The van der Waals surface area contributed by atoms with Crippen LogP contribution in [0.5, 0.6) is 0 Å². The topological polar surface area (TPSA) is 294 Å². The van der Waals surface area contributed by atoms with Crippen LogP contribution in [0.2, 0.25) is 0 Å². The summed E-state index contributed by atoms with van der Waals surface area (Å²) >= 11 is 0. The fourth-order valence-corrected chi connectivity index (χ4v) is 15.5. The third-order valence-electron chi connectivity index (χ3n) is 21.6. The van der Waals surface area contributed by atoms with Gasteiger partial charge in [0.2, 0.25) is 0 Å². The van der Waals surface area contributed by atoms with Crippen molar-refractivity contribution in [2.45, 2.75) is 185 Å². The Bertz CT molecular complexity index is 5120. The van der Waals surface area contributed by atoms with Crippen molar-refractivity contribution >= 4 is 69.4 Å². The fraction of sp³-hybridized carbons (Fsp3) is 0.426. The highest BCUT2D eigenvalue weighted by Crippen LogP contribution is 2.35. The van der Waals surface area contributed by atoms with Gasteiger partial charge in [0.15, 0.2) is 11.3 Å². The lowest BCUT2D eigenvalue weighted by Gasteiger charge is -2.26. The van der Waals surface area contributed by atoms with Crippen molar-refractivity contribution in [2.24, 2.45) is 0 Å². The third kappa shape index (κ3) is 24.3. The molecule has 4 aliphatic heterocycles. The van der Waals surface area contributed by atoms with Gasteiger partial charge in [-0.15, -0.1) is 0 Å². The lowest BCUT2D eigenvalue weighted by atomic mass is 9.98. The largest absolute Gasteiger partial charge is 0.444 e. The quantitative estimate of drug-likeness (QED) is 0.0247. The highest BCUT2D eigenvalue weighted by Gasteiger charge is 2.27. The van der Waals surface area contributed by atoms with Gasteiger partial charge in [-0.25, -0.2) is 24.1 Å². The number of hydrogen-bond acceptors (Lipinski definition) is 18. The molecule has 6 aromatic carbocycles. The van der Waals surface area contributed by atoms with Crippen molar-refractivity contribution in [2.75, 3.05) is 89.4 Å². The maximum absolute atomic E-state index is 13.6. The highest BCUT2D eigenvalue weighted by atomic mass is 16.6. The van der Waals surface area contributed by atoms with E-state index >= 15 is 0 Å². The summed E-state index contributed by atoms with van der Waals surface area (Å²) in [6.07, 6.45) is 11.5. The first-order chi connectivity index (χ1) is 57.2. The summed E-state index contributed by atoms with van der Waals surface area (Å²) in [5, 5.41) is 37.6. The molecule has 14 rings (SSSR count). The molecule has 5 amide bonds. The summed E-state index contributed by atoms with van der Waals surface area (Å²) in [5.74, 6) is -1.04. The van der Waals surface area contributed by atoms with Crippen LogP contribution in [0.3, 0.4) is 0 Å². The standard InChI is InChI=1S/C44H54N8O3.C39H42N6O4.C10H20N2O2.CH4/c1-4-40-38(41(49-37-13-19-55-20-14-37)39-28-48-52(5-2)42(39)50-40)27-47-44(54)35-12-7-11-34(25-35)43(53)46-26-32-21-30(3)22-36(24-32)33-10-6-9-31(23-33)29-51-17-8-15-45-16-18-51;1-4-35-33(36(43-32-12-14-49-15-13-32)34-23-42-45(5-2)37(34)44-35)22-41-39(48)30-11-7-10-29(20-30)38(47)40-21-27-16-25(3)17-31(19-27)28-9-6-8-26(18-28)24-46;1-10(2,3)14-9(13)12-7-4-5-11-6-8-12;/h6-7,9-12,21-25,28,37,45H,4-5,8,13-20,26-27,29H2,1-3H3,(H,46,53)(H,47,54)(H,49,50);6-11,16-20,23-24,32H,4-5,12-15,21-22H2,1-3H3,(H,40,47)(H,41,48)(H,43,44);11H,4-8H2,1-3H3;1H4. The number of aldehydes is 1. The molecule has 630 valence electrons. The summed E-state index contributed by atoms with van der Waals surface area (Å²) in [5.41, 5.74) is 18.8. The predicted octanol–water partition coefficient (Wildman–Crippen LogP) is 14.3. The monoisotopic (exact) mass is 1620 g/mol. The van der Waals surface area contributed by atoms with Crippen LogP contribution in [0.1, 0.15) is 197 Å². The van der Waals surface area contributed by atoms with E-state index in [0.29, 0.717) is 86.6 Å². The highest BCUT2D eigenvalue weighted by molar-refractivity contribution is 6.01. The van der Waals surface area contributed by atoms with Gasteiger partial charge in [-0.2, -0.15) is 10.2 Å². The van der Waals surface area contributed by atoms with E-state index in [1.54, 1.807) is 59.5 Å². The van der Waals surface area contributed by atoms with Crippen molar-refractivity contribution in [1.82, 2.24) is 71.2 Å². The Labute approximate surface area is 700 Å². The number of hydrogen-bond donors (Lipinski definition) is 8. The Balaban J connectivity index is 0.000000200. The number of benzene rings is 6. The van der Waals surface area contributed by atoms with E-state index in [0.717, 1.165) is 205 Å². The fourth-order valence-electron chi connectivity index (χ4n) is 15.5. The molecule has 119 heavy (non-hydrogen) atoms. The zero-order valence-electron chi connectivity index (χ0n) is 69.9. The minimum atomic E-state index is -0.392. The van der Waals surface area contributed by atoms with Gasteiger partial charge in [-0.05, 0) is 219 Å². The number of rotatable bonds is 25. The van der Waals surface area contributed by atoms with Crippen molar-refractivity contribution in [3.05, 3.63) is 224 Å². The van der Waals surface area contributed by atoms with Crippen LogP contribution in [-0.4, -0.2) is 172 Å². The van der Waals surface area contributed by atoms with Gasteiger partial charge >= 0.3 is 6.09 Å². The van der Waals surface area contributed by atoms with Crippen LogP contribution in [0.15, 0.2) is 146 Å². The molecule has 10 aromatic rings. The molecule has 4 fully saturated rings. The average Bonchev–Trinajstić information content (AvgIpc) is 1.67. The second kappa shape index (κ2) is 43.0. The normalized spacial score (nSPS) is 14.8. The number of ether oxygens (including phenoxy) is 3. The Morgan fingerprint density at radius 1 is 0.504 bits per heavy atom. The Morgan fingerprint density at radius 2 is 0.941 bits per heavy atom. The summed E-state index contributed by atoms with van der Waals surface area (Å²) in [6.45, 7) is 32.1. The molecule has 0 aliphatic carbocycles. The van der Waals surface area contributed by atoms with Crippen molar-refractivity contribution in [3.63, 3.8) is 0 Å². The molecule has 8 heterocycles. The molecule has 0 bridgehead atoms. The maximum Gasteiger partial charge on any atom is 0.410 e. The number of fused-ring (bicyclic) bond motifs is 2. The van der Waals surface area contributed by atoms with E-state index in [2.05, 4.69) is 134 Å². The summed E-state index contributed by atoms with van der Waals surface area (Å²) < 4.78 is 20.3. The first kappa shape index (κ1) is 88.6. The first-order valence-corrected chi connectivity index (χ1v) is 42.0. The summed E-state index contributed by atoms with van der Waals surface area (Å²) in [6, 6.07) is 42.9. The molecule has 4 aromatic heterocycles. The SMILES string of the molecule is C.CC(C)(C)OC(=O)N1CCCNCC1.CCc1nc2c(cnn2CC)c(NC2CCOCC2)c1CNC(=O)c1cccc(C(=O)NCc2cc(C)cc(-c3cccc(C=O)c3)c2)c1.CCc1nc2c(cnn2CC)c(NC2CCOCC2)c1CNC(=O)c1cccc(C(=O)NCc2cc(C)cc(-c3cccc(CN4CCCNCC4)c3)c2)c1. The number of aryl methyl sites for hydroxylation is 6. The molecule has 0 atom stereocenters. The predicted molar refractivity (Wildman–Crippen MR) is 471 cm³/mol. The van der Waals surface area contributed by atoms with Gasteiger partial charge < -0.3 is 61.6 Å². The summed E-state index contributed by atoms with van der Waals surface area (Å²) in [7, 11) is 0. The van der Waals surface area contributed by atoms with Crippen molar-refractivity contribution in [1.29, 1.82) is 0 Å². The van der Waals surface area contributed by atoms with Gasteiger partial charge in [-0.3, -0.25) is 28.9 Å². The van der Waals surface area contributed by atoms with Crippen LogP contribution >= 0.6 is 0 Å². The third-order valence-corrected chi connectivity index (χ3v) is 21.6. The van der Waals surface area contributed by atoms with Gasteiger partial charge in [0.25, 0.3) is 23.6 Å². The van der Waals surface area contributed by atoms with Gasteiger partial charge in [-0.1, -0.05) is 105 Å². The molecule has 4 saturated heterocycles. The molecular weight excluding hydrogens is 1500 g/mol. The number of carbonyl (C=O) groups excluding carboxylic acids is 6. The van der Waals surface area contributed by atoms with Crippen molar-refractivity contribution in [3.8, 4) is 22.3 Å². The van der Waals surface area contributed by atoms with Crippen molar-refractivity contribution < 1.29 is 43.0 Å². The molecule has 0 saturated carbocycles. The number of amides is 5. The summed E-state index contributed by atoms with van der Waals surface area (Å²) in [4.78, 5) is 91.0. The van der Waals surface area contributed by atoms with E-state index in [4.69, 9.17) is 24.2 Å². The van der Waals surface area contributed by atoms with E-state index in [9.17, 15) is 28.8 Å². The van der Waals surface area contributed by atoms with E-state index in [1.807, 2.05) is 86.7 Å². The number of anilines is 2. The lowest BCUT2D eigenvalue weighted by molar-refractivity contribution is 0.0262. The lowest BCUT2D eigenvalue weighted by Crippen LogP contribution is -2.38. The average molecular weight is 1620 g/mol. The van der Waals surface area contributed by atoms with E-state index < -0.39 is 5.60 Å². The van der Waals surface area contributed by atoms with Crippen LogP contribution < -0.4 is 42.5 Å². The van der Waals surface area contributed by atoms with E-state index in [1.165, 1.54) is 17.5 Å². The Morgan fingerprint density at radius 3 is 1.40 bits per heavy atom. The molecule has 4 aliphatic rings. The second-order valence-corrected chi connectivity index (χ2v) is 31.7. The Hall–Kier alpha value is -11.2. The van der Waals surface area contributed by atoms with Gasteiger partial charge in [0.1, 0.15) is 11.9 Å². The Kier molecular flexibility index (Phi) is 32.0. The number of carbonyl (C=O) groups is 6. The van der Waals surface area contributed by atoms with E-state index in [-0.39, 0.29) is 55.8 Å². The molecular formula is C94H120N16O9. The molecule has 0 spiro atoms. The van der Waals surface area contributed by atoms with Crippen LogP contribution in [0, 0.1) is 13.8 Å². The molecule has 0 unspecified atom stereocenters. The molecule has 8 N–H and O–H groups in total. The van der Waals surface area contributed by atoms with Crippen LogP contribution in [-0.2, 0) is 72.9 Å². The van der Waals surface area contributed by atoms with Crippen LogP contribution in [0.4, 0.5) is 16.2 Å². The van der Waals surface area contributed by atoms with Gasteiger partial charge in [0.05, 0.1) is 34.5 Å². The zero-order chi connectivity index (χ0) is 83.1. The zero-order valence-corrected chi connectivity index (χ0v) is 69.9. The number of pyridine rings is 2. The van der Waals surface area contributed by atoms with Crippen LogP contribution in [0.25, 0.3) is 44.3 Å². The molecule has 25 nitrogen and oxygen atoms in total. The van der Waals surface area contributed by atoms with Gasteiger partial charge in [0, 0.05) is 167 Å². The number of nitrogens with one attached hydrogen (secondary N) is 8. The number of aromatic nitrogens is 6. The maximum atomic E-state index is 13.6. The minimum Gasteiger partial charge on any atom is -0.444 e. The second-order valence-electron chi connectivity index (χ2n) is 31.7.